The van der Waals surface area contributed by atoms with E-state index < -0.39 is 6.09 Å². The van der Waals surface area contributed by atoms with Crippen molar-refractivity contribution in [1.29, 1.82) is 0 Å². The van der Waals surface area contributed by atoms with Gasteiger partial charge in [0.1, 0.15) is 0 Å². The Labute approximate surface area is 154 Å². The lowest BCUT2D eigenvalue weighted by atomic mass is 9.59. The van der Waals surface area contributed by atoms with Crippen LogP contribution < -0.4 is 10.6 Å². The summed E-state index contributed by atoms with van der Waals surface area (Å²) in [5.74, 6) is -0.000458. The molecule has 0 aromatic carbocycles. The van der Waals surface area contributed by atoms with E-state index in [2.05, 4.69) is 36.6 Å². The van der Waals surface area contributed by atoms with E-state index in [0.717, 1.165) is 32.4 Å². The number of amides is 2. The predicted octanol–water partition coefficient (Wildman–Crippen LogP) is 2.32. The molecule has 1 aromatic heterocycles. The molecule has 1 fully saturated rings. The second-order valence-electron chi connectivity index (χ2n) is 7.66. The highest BCUT2D eigenvalue weighted by molar-refractivity contribution is 5.91. The summed E-state index contributed by atoms with van der Waals surface area (Å²) in [5.41, 5.74) is 0.0578. The number of carboxylic acid groups (broad SMARTS) is 1. The minimum Gasteiger partial charge on any atom is -0.465 e. The SMILES string of the molecule is CCC1(C(C)(C)CN(Cc2cc(C(=O)NC)no2)C(=O)O)CCNCC1. The van der Waals surface area contributed by atoms with Gasteiger partial charge in [-0.25, -0.2) is 4.79 Å². The van der Waals surface area contributed by atoms with Crippen molar-refractivity contribution in [3.63, 3.8) is 0 Å². The summed E-state index contributed by atoms with van der Waals surface area (Å²) in [6.45, 7) is 8.86. The van der Waals surface area contributed by atoms with Crippen LogP contribution in [0.3, 0.4) is 0 Å². The van der Waals surface area contributed by atoms with Crippen LogP contribution in [0, 0.1) is 10.8 Å². The zero-order valence-corrected chi connectivity index (χ0v) is 16.1. The summed E-state index contributed by atoms with van der Waals surface area (Å²) < 4.78 is 5.15. The van der Waals surface area contributed by atoms with Gasteiger partial charge in [-0.15, -0.1) is 0 Å². The van der Waals surface area contributed by atoms with Gasteiger partial charge >= 0.3 is 6.09 Å². The second kappa shape index (κ2) is 8.07. The van der Waals surface area contributed by atoms with Crippen LogP contribution in [0.4, 0.5) is 4.79 Å². The molecule has 8 heteroatoms. The highest BCUT2D eigenvalue weighted by Gasteiger charge is 2.45. The lowest BCUT2D eigenvalue weighted by molar-refractivity contribution is -0.00265. The molecule has 2 heterocycles. The first-order valence-corrected chi connectivity index (χ1v) is 9.11. The van der Waals surface area contributed by atoms with Gasteiger partial charge in [-0.3, -0.25) is 4.79 Å². The molecule has 1 saturated heterocycles. The van der Waals surface area contributed by atoms with Gasteiger partial charge in [-0.1, -0.05) is 25.9 Å². The smallest absolute Gasteiger partial charge is 0.407 e. The fraction of sp³-hybridized carbons (Fsp3) is 0.722. The van der Waals surface area contributed by atoms with E-state index >= 15 is 0 Å². The number of carbonyl (C=O) groups is 2. The predicted molar refractivity (Wildman–Crippen MR) is 96.9 cm³/mol. The number of carbonyl (C=O) groups excluding carboxylic acids is 1. The zero-order chi connectivity index (χ0) is 19.4. The zero-order valence-electron chi connectivity index (χ0n) is 16.1. The molecule has 146 valence electrons. The largest absolute Gasteiger partial charge is 0.465 e. The van der Waals surface area contributed by atoms with Crippen molar-refractivity contribution in [3.8, 4) is 0 Å². The Morgan fingerprint density at radius 2 is 2.08 bits per heavy atom. The maximum Gasteiger partial charge on any atom is 0.407 e. The normalized spacial score (nSPS) is 16.9. The van der Waals surface area contributed by atoms with E-state index in [9.17, 15) is 14.7 Å². The molecule has 2 rings (SSSR count). The second-order valence-corrected chi connectivity index (χ2v) is 7.66. The Kier molecular flexibility index (Phi) is 6.28. The van der Waals surface area contributed by atoms with Crippen molar-refractivity contribution < 1.29 is 19.2 Å². The number of rotatable bonds is 7. The molecule has 1 aliphatic heterocycles. The van der Waals surface area contributed by atoms with Gasteiger partial charge in [0, 0.05) is 19.7 Å². The lowest BCUT2D eigenvalue weighted by Gasteiger charge is -2.50. The number of piperidine rings is 1. The molecule has 1 aromatic rings. The third kappa shape index (κ3) is 4.17. The van der Waals surface area contributed by atoms with Crippen molar-refractivity contribution >= 4 is 12.0 Å². The van der Waals surface area contributed by atoms with Gasteiger partial charge in [0.05, 0.1) is 6.54 Å². The van der Waals surface area contributed by atoms with E-state index in [-0.39, 0.29) is 29.0 Å². The van der Waals surface area contributed by atoms with Crippen LogP contribution in [0.1, 0.15) is 56.3 Å². The van der Waals surface area contributed by atoms with Crippen LogP contribution in [0.5, 0.6) is 0 Å². The molecule has 3 N–H and O–H groups in total. The third-order valence-electron chi connectivity index (χ3n) is 5.90. The average molecular weight is 366 g/mol. The van der Waals surface area contributed by atoms with Crippen LogP contribution >= 0.6 is 0 Å². The summed E-state index contributed by atoms with van der Waals surface area (Å²) in [6, 6.07) is 1.49. The Hall–Kier alpha value is -2.09. The van der Waals surface area contributed by atoms with Crippen molar-refractivity contribution in [2.75, 3.05) is 26.7 Å². The van der Waals surface area contributed by atoms with Crippen LogP contribution in [0.2, 0.25) is 0 Å². The number of aromatic nitrogens is 1. The van der Waals surface area contributed by atoms with Crippen molar-refractivity contribution in [2.45, 2.75) is 46.6 Å². The Morgan fingerprint density at radius 3 is 2.62 bits per heavy atom. The minimum absolute atomic E-state index is 0.0702. The van der Waals surface area contributed by atoms with Crippen LogP contribution in [0.25, 0.3) is 0 Å². The number of nitrogens with zero attached hydrogens (tertiary/aromatic N) is 2. The van der Waals surface area contributed by atoms with E-state index in [1.807, 2.05) is 0 Å². The van der Waals surface area contributed by atoms with Crippen LogP contribution in [-0.2, 0) is 6.54 Å². The fourth-order valence-corrected chi connectivity index (χ4v) is 4.06. The fourth-order valence-electron chi connectivity index (χ4n) is 4.06. The lowest BCUT2D eigenvalue weighted by Crippen LogP contribution is -2.51. The monoisotopic (exact) mass is 366 g/mol. The van der Waals surface area contributed by atoms with Gasteiger partial charge in [0.25, 0.3) is 5.91 Å². The van der Waals surface area contributed by atoms with Gasteiger partial charge in [0.2, 0.25) is 0 Å². The Bertz CT molecular complexity index is 635. The molecular weight excluding hydrogens is 336 g/mol. The molecule has 0 bridgehead atoms. The van der Waals surface area contributed by atoms with Gasteiger partial charge in [-0.2, -0.15) is 0 Å². The van der Waals surface area contributed by atoms with Crippen molar-refractivity contribution in [1.82, 2.24) is 20.7 Å². The molecule has 26 heavy (non-hydrogen) atoms. The minimum atomic E-state index is -1.00. The van der Waals surface area contributed by atoms with Crippen LogP contribution in [0.15, 0.2) is 10.6 Å². The summed E-state index contributed by atoms with van der Waals surface area (Å²) in [4.78, 5) is 24.8. The summed E-state index contributed by atoms with van der Waals surface area (Å²) in [7, 11) is 1.51. The topological polar surface area (TPSA) is 108 Å². The average Bonchev–Trinajstić information content (AvgIpc) is 3.09. The molecule has 0 spiro atoms. The van der Waals surface area contributed by atoms with E-state index in [0.29, 0.717) is 12.3 Å². The first-order chi connectivity index (χ1) is 12.2. The standard InChI is InChI=1S/C18H30N4O4/c1-5-18(6-8-20-9-7-18)17(2,3)12-22(16(24)25)11-13-10-14(21-26-13)15(23)19-4/h10,20H,5-9,11-12H2,1-4H3,(H,19,23)(H,24,25). The highest BCUT2D eigenvalue weighted by atomic mass is 16.5. The van der Waals surface area contributed by atoms with Gasteiger partial charge in [0.15, 0.2) is 11.5 Å². The summed E-state index contributed by atoms with van der Waals surface area (Å²) in [6.07, 6.45) is 2.08. The maximum atomic E-state index is 11.8. The van der Waals surface area contributed by atoms with Crippen molar-refractivity contribution in [2.24, 2.45) is 10.8 Å². The Balaban J connectivity index is 2.15. The summed E-state index contributed by atoms with van der Waals surface area (Å²) in [5, 5.41) is 19.2. The number of hydrogen-bond acceptors (Lipinski definition) is 5. The van der Waals surface area contributed by atoms with E-state index in [1.54, 1.807) is 0 Å². The molecule has 0 radical (unpaired) electrons. The van der Waals surface area contributed by atoms with Crippen LogP contribution in [-0.4, -0.2) is 53.8 Å². The molecule has 0 unspecified atom stereocenters. The molecule has 1 aliphatic rings. The van der Waals surface area contributed by atoms with E-state index in [4.69, 9.17) is 4.52 Å². The quantitative estimate of drug-likeness (QED) is 0.683. The molecule has 0 aliphatic carbocycles. The van der Waals surface area contributed by atoms with E-state index in [1.165, 1.54) is 18.0 Å². The molecule has 0 atom stereocenters. The van der Waals surface area contributed by atoms with Gasteiger partial charge < -0.3 is 25.2 Å². The Morgan fingerprint density at radius 1 is 1.42 bits per heavy atom. The highest BCUT2D eigenvalue weighted by Crippen LogP contribution is 2.49. The number of nitrogens with one attached hydrogen (secondary N) is 2. The summed E-state index contributed by atoms with van der Waals surface area (Å²) >= 11 is 0. The first kappa shape index (κ1) is 20.2. The molecule has 8 nitrogen and oxygen atoms in total. The first-order valence-electron chi connectivity index (χ1n) is 9.11. The third-order valence-corrected chi connectivity index (χ3v) is 5.90. The molecule has 2 amide bonds. The van der Waals surface area contributed by atoms with Crippen molar-refractivity contribution in [3.05, 3.63) is 17.5 Å². The van der Waals surface area contributed by atoms with Gasteiger partial charge in [-0.05, 0) is 43.2 Å². The maximum absolute atomic E-state index is 11.8. The number of hydrogen-bond donors (Lipinski definition) is 3. The molecular formula is C18H30N4O4. The molecule has 0 saturated carbocycles.